The quantitative estimate of drug-likeness (QED) is 0.749. The number of amides is 1. The number of nitrogens with zero attached hydrogens (tertiary/aromatic N) is 3. The van der Waals surface area contributed by atoms with Crippen LogP contribution in [0.2, 0.25) is 0 Å². The molecule has 3 aromatic rings. The molecule has 0 aliphatic heterocycles. The molecule has 0 spiro atoms. The van der Waals surface area contributed by atoms with Gasteiger partial charge in [-0.05, 0) is 50.5 Å². The molecule has 1 amide bonds. The lowest BCUT2D eigenvalue weighted by Crippen LogP contribution is -2.35. The Morgan fingerprint density at radius 2 is 2.00 bits per heavy atom. The SMILES string of the molecule is CCN(CCn1cccn1)C(=O)Cc1c(C)[nH]c2c(C)ccc(C)c12. The van der Waals surface area contributed by atoms with Gasteiger partial charge in [0, 0.05) is 42.1 Å². The van der Waals surface area contributed by atoms with E-state index in [1.165, 1.54) is 16.5 Å². The number of H-pyrrole nitrogens is 1. The molecular weight excluding hydrogens is 312 g/mol. The van der Waals surface area contributed by atoms with Crippen LogP contribution >= 0.6 is 0 Å². The molecule has 132 valence electrons. The summed E-state index contributed by atoms with van der Waals surface area (Å²) in [5.74, 6) is 0.166. The first-order valence-corrected chi connectivity index (χ1v) is 8.83. The summed E-state index contributed by atoms with van der Waals surface area (Å²) >= 11 is 0. The molecule has 0 bridgehead atoms. The standard InChI is InChI=1S/C20H26N4O/c1-5-23(11-12-24-10-6-9-21-24)18(25)13-17-16(4)22-20-15(3)8-7-14(2)19(17)20/h6-10,22H,5,11-13H2,1-4H3. The van der Waals surface area contributed by atoms with Gasteiger partial charge in [-0.15, -0.1) is 0 Å². The Morgan fingerprint density at radius 3 is 2.68 bits per heavy atom. The maximum absolute atomic E-state index is 12.9. The van der Waals surface area contributed by atoms with Crippen molar-refractivity contribution in [3.05, 3.63) is 53.0 Å². The molecule has 3 rings (SSSR count). The van der Waals surface area contributed by atoms with Crippen LogP contribution in [0.25, 0.3) is 10.9 Å². The average molecular weight is 338 g/mol. The van der Waals surface area contributed by atoms with Gasteiger partial charge in [0.2, 0.25) is 5.91 Å². The number of aromatic nitrogens is 3. The lowest BCUT2D eigenvalue weighted by molar-refractivity contribution is -0.130. The molecule has 1 aromatic carbocycles. The van der Waals surface area contributed by atoms with Crippen molar-refractivity contribution in [2.45, 2.75) is 40.7 Å². The Morgan fingerprint density at radius 1 is 1.24 bits per heavy atom. The number of fused-ring (bicyclic) bond motifs is 1. The summed E-state index contributed by atoms with van der Waals surface area (Å²) in [7, 11) is 0. The number of aryl methyl sites for hydroxylation is 3. The predicted octanol–water partition coefficient (Wildman–Crippen LogP) is 3.38. The van der Waals surface area contributed by atoms with Gasteiger partial charge >= 0.3 is 0 Å². The second-order valence-corrected chi connectivity index (χ2v) is 6.60. The maximum Gasteiger partial charge on any atom is 0.227 e. The topological polar surface area (TPSA) is 53.9 Å². The number of benzene rings is 1. The average Bonchev–Trinajstić information content (AvgIpc) is 3.21. The fraction of sp³-hybridized carbons (Fsp3) is 0.400. The predicted molar refractivity (Wildman–Crippen MR) is 101 cm³/mol. The molecule has 0 aliphatic rings. The van der Waals surface area contributed by atoms with Crippen molar-refractivity contribution in [3.8, 4) is 0 Å². The molecule has 0 saturated heterocycles. The van der Waals surface area contributed by atoms with Gasteiger partial charge in [0.15, 0.2) is 0 Å². The van der Waals surface area contributed by atoms with Gasteiger partial charge in [-0.3, -0.25) is 9.48 Å². The Labute approximate surface area is 148 Å². The number of carbonyl (C=O) groups is 1. The van der Waals surface area contributed by atoms with E-state index in [1.807, 2.05) is 28.8 Å². The normalized spacial score (nSPS) is 11.2. The van der Waals surface area contributed by atoms with Gasteiger partial charge in [-0.25, -0.2) is 0 Å². The van der Waals surface area contributed by atoms with Crippen molar-refractivity contribution in [2.75, 3.05) is 13.1 Å². The van der Waals surface area contributed by atoms with Gasteiger partial charge in [-0.2, -0.15) is 5.10 Å². The van der Waals surface area contributed by atoms with Crippen molar-refractivity contribution in [2.24, 2.45) is 0 Å². The summed E-state index contributed by atoms with van der Waals surface area (Å²) in [5.41, 5.74) is 5.79. The number of nitrogens with one attached hydrogen (secondary N) is 1. The number of rotatable bonds is 6. The van der Waals surface area contributed by atoms with E-state index in [9.17, 15) is 4.79 Å². The lowest BCUT2D eigenvalue weighted by atomic mass is 10.0. The lowest BCUT2D eigenvalue weighted by Gasteiger charge is -2.21. The molecule has 0 saturated carbocycles. The highest BCUT2D eigenvalue weighted by Crippen LogP contribution is 2.28. The summed E-state index contributed by atoms with van der Waals surface area (Å²) in [6.45, 7) is 10.4. The second-order valence-electron chi connectivity index (χ2n) is 6.60. The van der Waals surface area contributed by atoms with Gasteiger partial charge in [0.1, 0.15) is 0 Å². The smallest absolute Gasteiger partial charge is 0.227 e. The van der Waals surface area contributed by atoms with E-state index < -0.39 is 0 Å². The van der Waals surface area contributed by atoms with Gasteiger partial charge in [-0.1, -0.05) is 12.1 Å². The highest BCUT2D eigenvalue weighted by Gasteiger charge is 2.18. The van der Waals surface area contributed by atoms with E-state index in [0.717, 1.165) is 23.3 Å². The molecule has 2 heterocycles. The number of aromatic amines is 1. The first kappa shape index (κ1) is 17.3. The van der Waals surface area contributed by atoms with Gasteiger partial charge in [0.05, 0.1) is 13.0 Å². The van der Waals surface area contributed by atoms with E-state index in [1.54, 1.807) is 6.20 Å². The van der Waals surface area contributed by atoms with E-state index in [-0.39, 0.29) is 5.91 Å². The zero-order valence-corrected chi connectivity index (χ0v) is 15.5. The zero-order valence-electron chi connectivity index (χ0n) is 15.5. The maximum atomic E-state index is 12.9. The summed E-state index contributed by atoms with van der Waals surface area (Å²) in [5, 5.41) is 5.41. The van der Waals surface area contributed by atoms with E-state index in [4.69, 9.17) is 0 Å². The molecule has 0 unspecified atom stereocenters. The molecule has 1 N–H and O–H groups in total. The Hall–Kier alpha value is -2.56. The first-order chi connectivity index (χ1) is 12.0. The molecule has 0 atom stereocenters. The Kier molecular flexibility index (Phi) is 4.93. The molecule has 2 aromatic heterocycles. The Balaban J connectivity index is 1.81. The van der Waals surface area contributed by atoms with E-state index in [0.29, 0.717) is 19.5 Å². The molecule has 0 radical (unpaired) electrons. The van der Waals surface area contributed by atoms with Crippen molar-refractivity contribution in [3.63, 3.8) is 0 Å². The molecule has 0 fully saturated rings. The van der Waals surface area contributed by atoms with Crippen molar-refractivity contribution >= 4 is 16.8 Å². The van der Waals surface area contributed by atoms with Crippen LogP contribution in [-0.4, -0.2) is 38.7 Å². The molecule has 5 heteroatoms. The fourth-order valence-corrected chi connectivity index (χ4v) is 3.41. The number of hydrogen-bond donors (Lipinski definition) is 1. The highest BCUT2D eigenvalue weighted by atomic mass is 16.2. The number of carbonyl (C=O) groups excluding carboxylic acids is 1. The van der Waals surface area contributed by atoms with Crippen LogP contribution in [0.1, 0.15) is 29.3 Å². The largest absolute Gasteiger partial charge is 0.358 e. The second kappa shape index (κ2) is 7.13. The van der Waals surface area contributed by atoms with Crippen LogP contribution in [0.5, 0.6) is 0 Å². The highest BCUT2D eigenvalue weighted by molar-refractivity contribution is 5.93. The third-order valence-electron chi connectivity index (χ3n) is 4.91. The molecule has 5 nitrogen and oxygen atoms in total. The van der Waals surface area contributed by atoms with Gasteiger partial charge in [0.25, 0.3) is 0 Å². The van der Waals surface area contributed by atoms with Crippen molar-refractivity contribution in [1.82, 2.24) is 19.7 Å². The van der Waals surface area contributed by atoms with Gasteiger partial charge < -0.3 is 9.88 Å². The Bertz CT molecular complexity index is 877. The zero-order chi connectivity index (χ0) is 18.0. The minimum atomic E-state index is 0.166. The summed E-state index contributed by atoms with van der Waals surface area (Å²) < 4.78 is 1.86. The van der Waals surface area contributed by atoms with Crippen molar-refractivity contribution in [1.29, 1.82) is 0 Å². The molecular formula is C20H26N4O. The summed E-state index contributed by atoms with van der Waals surface area (Å²) in [6.07, 6.45) is 4.12. The minimum absolute atomic E-state index is 0.166. The van der Waals surface area contributed by atoms with E-state index >= 15 is 0 Å². The van der Waals surface area contributed by atoms with Crippen LogP contribution in [0.3, 0.4) is 0 Å². The third-order valence-corrected chi connectivity index (χ3v) is 4.91. The van der Waals surface area contributed by atoms with Crippen LogP contribution in [0.4, 0.5) is 0 Å². The molecule has 0 aliphatic carbocycles. The van der Waals surface area contributed by atoms with Crippen LogP contribution in [0.15, 0.2) is 30.6 Å². The third kappa shape index (κ3) is 3.45. The summed E-state index contributed by atoms with van der Waals surface area (Å²) in [6, 6.07) is 6.16. The summed E-state index contributed by atoms with van der Waals surface area (Å²) in [4.78, 5) is 18.3. The van der Waals surface area contributed by atoms with Crippen LogP contribution in [-0.2, 0) is 17.8 Å². The molecule has 25 heavy (non-hydrogen) atoms. The minimum Gasteiger partial charge on any atom is -0.358 e. The van der Waals surface area contributed by atoms with Crippen LogP contribution in [0, 0.1) is 20.8 Å². The number of likely N-dealkylation sites (N-methyl/N-ethyl adjacent to an activating group) is 1. The monoisotopic (exact) mass is 338 g/mol. The first-order valence-electron chi connectivity index (χ1n) is 8.83. The fourth-order valence-electron chi connectivity index (χ4n) is 3.41. The number of hydrogen-bond acceptors (Lipinski definition) is 2. The van der Waals surface area contributed by atoms with Crippen LogP contribution < -0.4 is 0 Å². The van der Waals surface area contributed by atoms with E-state index in [2.05, 4.69) is 43.0 Å². The van der Waals surface area contributed by atoms with Crippen molar-refractivity contribution < 1.29 is 4.79 Å².